The molecule has 0 fully saturated rings. The van der Waals surface area contributed by atoms with Crippen LogP contribution in [0.1, 0.15) is 15.9 Å². The molecule has 5 rings (SSSR count). The van der Waals surface area contributed by atoms with E-state index in [9.17, 15) is 14.9 Å². The molecule has 7 heteroatoms. The number of hydrogen-bond donors (Lipinski definition) is 0. The molecule has 0 saturated heterocycles. The van der Waals surface area contributed by atoms with E-state index in [1.54, 1.807) is 30.5 Å². The molecule has 0 unspecified atom stereocenters. The molecule has 1 aromatic heterocycles. The molecule has 0 saturated carbocycles. The van der Waals surface area contributed by atoms with Gasteiger partial charge in [0.05, 0.1) is 34.7 Å². The van der Waals surface area contributed by atoms with Gasteiger partial charge in [-0.25, -0.2) is 4.79 Å². The smallest absolute Gasteiger partial charge is 0.337 e. The zero-order chi connectivity index (χ0) is 26.5. The van der Waals surface area contributed by atoms with E-state index < -0.39 is 10.9 Å². The second-order valence-corrected chi connectivity index (χ2v) is 8.47. The van der Waals surface area contributed by atoms with Gasteiger partial charge in [0.15, 0.2) is 0 Å². The van der Waals surface area contributed by atoms with Gasteiger partial charge in [-0.3, -0.25) is 15.1 Å². The first-order valence-corrected chi connectivity index (χ1v) is 11.9. The van der Waals surface area contributed by atoms with Crippen molar-refractivity contribution >= 4 is 23.6 Å². The predicted molar refractivity (Wildman–Crippen MR) is 148 cm³/mol. The van der Waals surface area contributed by atoms with Crippen molar-refractivity contribution in [1.82, 2.24) is 4.57 Å². The van der Waals surface area contributed by atoms with E-state index in [0.717, 1.165) is 33.8 Å². The van der Waals surface area contributed by atoms with Crippen molar-refractivity contribution in [1.29, 1.82) is 0 Å². The van der Waals surface area contributed by atoms with Gasteiger partial charge in [-0.1, -0.05) is 66.7 Å². The van der Waals surface area contributed by atoms with Gasteiger partial charge in [0.1, 0.15) is 0 Å². The number of aromatic nitrogens is 1. The first-order valence-electron chi connectivity index (χ1n) is 11.9. The maximum absolute atomic E-state index is 12.0. The zero-order valence-corrected chi connectivity index (χ0v) is 20.5. The SMILES string of the molecule is COC(=O)c1ccc(-n2c(-c3ccccc3)cc(C=Nc3cccc([N+](=O)[O-])c3)c2-c2ccccc2)cc1. The molecule has 186 valence electrons. The molecule has 7 nitrogen and oxygen atoms in total. The number of carbonyl (C=O) groups is 1. The molecule has 0 aliphatic rings. The maximum atomic E-state index is 12.0. The lowest BCUT2D eigenvalue weighted by molar-refractivity contribution is -0.384. The molecular weight excluding hydrogens is 478 g/mol. The average molecular weight is 502 g/mol. The third-order valence-corrected chi connectivity index (χ3v) is 6.09. The van der Waals surface area contributed by atoms with E-state index in [1.807, 2.05) is 78.9 Å². The van der Waals surface area contributed by atoms with Gasteiger partial charge in [-0.2, -0.15) is 0 Å². The molecule has 0 aliphatic carbocycles. The summed E-state index contributed by atoms with van der Waals surface area (Å²) in [7, 11) is 1.36. The van der Waals surface area contributed by atoms with Crippen LogP contribution in [-0.2, 0) is 4.74 Å². The minimum atomic E-state index is -0.434. The van der Waals surface area contributed by atoms with Crippen molar-refractivity contribution in [3.05, 3.63) is 137 Å². The number of esters is 1. The van der Waals surface area contributed by atoms with E-state index >= 15 is 0 Å². The monoisotopic (exact) mass is 501 g/mol. The van der Waals surface area contributed by atoms with Crippen LogP contribution in [0.2, 0.25) is 0 Å². The van der Waals surface area contributed by atoms with Crippen LogP contribution in [0.4, 0.5) is 11.4 Å². The second-order valence-electron chi connectivity index (χ2n) is 8.47. The molecule has 5 aromatic rings. The standard InChI is InChI=1S/C31H23N3O4/c1-38-31(35)24-15-17-27(18-16-24)33-29(22-9-4-2-5-10-22)19-25(30(33)23-11-6-3-7-12-23)21-32-26-13-8-14-28(20-26)34(36)37/h2-21H,1H3. The quantitative estimate of drug-likeness (QED) is 0.102. The van der Waals surface area contributed by atoms with Gasteiger partial charge in [0.25, 0.3) is 5.69 Å². The summed E-state index contributed by atoms with van der Waals surface area (Å²) >= 11 is 0. The van der Waals surface area contributed by atoms with Crippen LogP contribution in [0.3, 0.4) is 0 Å². The number of rotatable bonds is 7. The van der Waals surface area contributed by atoms with Crippen LogP contribution in [0.15, 0.2) is 120 Å². The summed E-state index contributed by atoms with van der Waals surface area (Å²) in [5.74, 6) is -0.402. The molecular formula is C31H23N3O4. The van der Waals surface area contributed by atoms with E-state index in [-0.39, 0.29) is 5.69 Å². The van der Waals surface area contributed by atoms with E-state index in [1.165, 1.54) is 19.2 Å². The minimum absolute atomic E-state index is 0.0174. The highest BCUT2D eigenvalue weighted by atomic mass is 16.6. The Morgan fingerprint density at radius 3 is 2.13 bits per heavy atom. The number of benzene rings is 4. The first kappa shape index (κ1) is 24.4. The summed E-state index contributed by atoms with van der Waals surface area (Å²) in [5, 5.41) is 11.2. The van der Waals surface area contributed by atoms with Crippen LogP contribution in [-0.4, -0.2) is 28.8 Å². The van der Waals surface area contributed by atoms with Gasteiger partial charge >= 0.3 is 5.97 Å². The fraction of sp³-hybridized carbons (Fsp3) is 0.0323. The van der Waals surface area contributed by atoms with Crippen molar-refractivity contribution in [3.8, 4) is 28.2 Å². The predicted octanol–water partition coefficient (Wildman–Crippen LogP) is 7.26. The number of methoxy groups -OCH3 is 1. The highest BCUT2D eigenvalue weighted by Crippen LogP contribution is 2.36. The molecule has 0 N–H and O–H groups in total. The molecule has 0 aliphatic heterocycles. The number of nitro benzene ring substituents is 1. The number of non-ortho nitro benzene ring substituents is 1. The lowest BCUT2D eigenvalue weighted by atomic mass is 10.1. The van der Waals surface area contributed by atoms with E-state index in [0.29, 0.717) is 11.3 Å². The minimum Gasteiger partial charge on any atom is -0.465 e. The Hall–Kier alpha value is -5.30. The summed E-state index contributed by atoms with van der Waals surface area (Å²) in [6.45, 7) is 0. The second kappa shape index (κ2) is 10.8. The molecule has 0 bridgehead atoms. The molecule has 4 aromatic carbocycles. The topological polar surface area (TPSA) is 86.7 Å². The van der Waals surface area contributed by atoms with E-state index in [4.69, 9.17) is 4.74 Å². The molecule has 0 amide bonds. The van der Waals surface area contributed by atoms with Crippen LogP contribution in [0.5, 0.6) is 0 Å². The van der Waals surface area contributed by atoms with Crippen molar-refractivity contribution in [3.63, 3.8) is 0 Å². The summed E-state index contributed by atoms with van der Waals surface area (Å²) in [6, 6.07) is 35.4. The summed E-state index contributed by atoms with van der Waals surface area (Å²) in [5.41, 5.74) is 6.39. The lowest BCUT2D eigenvalue weighted by Gasteiger charge is -2.15. The number of nitro groups is 1. The van der Waals surface area contributed by atoms with Gasteiger partial charge in [-0.15, -0.1) is 0 Å². The normalized spacial score (nSPS) is 11.0. The lowest BCUT2D eigenvalue weighted by Crippen LogP contribution is -2.03. The highest BCUT2D eigenvalue weighted by molar-refractivity contribution is 5.95. The highest BCUT2D eigenvalue weighted by Gasteiger charge is 2.19. The van der Waals surface area contributed by atoms with Crippen molar-refractivity contribution in [2.75, 3.05) is 7.11 Å². The summed E-state index contributed by atoms with van der Waals surface area (Å²) in [4.78, 5) is 27.4. The largest absolute Gasteiger partial charge is 0.465 e. The third-order valence-electron chi connectivity index (χ3n) is 6.09. The fourth-order valence-corrected chi connectivity index (χ4v) is 4.30. The van der Waals surface area contributed by atoms with Gasteiger partial charge in [0, 0.05) is 29.6 Å². The number of nitrogens with zero attached hydrogens (tertiary/aromatic N) is 3. The van der Waals surface area contributed by atoms with Crippen LogP contribution in [0, 0.1) is 10.1 Å². The van der Waals surface area contributed by atoms with Gasteiger partial charge < -0.3 is 9.30 Å². The Balaban J connectivity index is 1.73. The van der Waals surface area contributed by atoms with Gasteiger partial charge in [-0.05, 0) is 47.5 Å². The first-order chi connectivity index (χ1) is 18.5. The van der Waals surface area contributed by atoms with Crippen molar-refractivity contribution in [2.24, 2.45) is 4.99 Å². The molecule has 0 atom stereocenters. The zero-order valence-electron chi connectivity index (χ0n) is 20.5. The Kier molecular flexibility index (Phi) is 6.91. The number of hydrogen-bond acceptors (Lipinski definition) is 5. The molecule has 0 radical (unpaired) electrons. The van der Waals surface area contributed by atoms with Crippen LogP contribution >= 0.6 is 0 Å². The molecule has 1 heterocycles. The Labute approximate surface area is 219 Å². The van der Waals surface area contributed by atoms with Gasteiger partial charge in [0.2, 0.25) is 0 Å². The average Bonchev–Trinajstić information content (AvgIpc) is 3.36. The summed E-state index contributed by atoms with van der Waals surface area (Å²) < 4.78 is 6.99. The number of ether oxygens (including phenoxy) is 1. The number of aliphatic imine (C=N–C) groups is 1. The third kappa shape index (κ3) is 4.99. The Morgan fingerprint density at radius 1 is 0.842 bits per heavy atom. The molecule has 38 heavy (non-hydrogen) atoms. The Morgan fingerprint density at radius 2 is 1.50 bits per heavy atom. The van der Waals surface area contributed by atoms with Crippen molar-refractivity contribution in [2.45, 2.75) is 0 Å². The Bertz CT molecular complexity index is 1620. The van der Waals surface area contributed by atoms with Crippen molar-refractivity contribution < 1.29 is 14.5 Å². The fourth-order valence-electron chi connectivity index (χ4n) is 4.30. The van der Waals surface area contributed by atoms with Crippen LogP contribution < -0.4 is 0 Å². The maximum Gasteiger partial charge on any atom is 0.337 e. The van der Waals surface area contributed by atoms with E-state index in [2.05, 4.69) is 9.56 Å². The summed E-state index contributed by atoms with van der Waals surface area (Å²) in [6.07, 6.45) is 1.73. The van der Waals surface area contributed by atoms with Crippen LogP contribution in [0.25, 0.3) is 28.2 Å². The molecule has 0 spiro atoms. The number of carbonyl (C=O) groups excluding carboxylic acids is 1.